The van der Waals surface area contributed by atoms with Crippen LogP contribution in [0.1, 0.15) is 41.0 Å². The summed E-state index contributed by atoms with van der Waals surface area (Å²) in [6.07, 6.45) is 1.80. The van der Waals surface area contributed by atoms with Crippen LogP contribution in [0.15, 0.2) is 60.4 Å². The van der Waals surface area contributed by atoms with Crippen LogP contribution in [0, 0.1) is 0 Å². The summed E-state index contributed by atoms with van der Waals surface area (Å²) in [6, 6.07) is 15.0. The second-order valence-corrected chi connectivity index (χ2v) is 7.72. The fourth-order valence-corrected chi connectivity index (χ4v) is 3.91. The lowest BCUT2D eigenvalue weighted by molar-refractivity contribution is 0.0699. The summed E-state index contributed by atoms with van der Waals surface area (Å²) in [5.74, 6) is 0.112. The summed E-state index contributed by atoms with van der Waals surface area (Å²) < 4.78 is 27.7. The minimum atomic E-state index is -2.68. The van der Waals surface area contributed by atoms with Gasteiger partial charge in [-0.25, -0.2) is 13.8 Å². The number of benzene rings is 2. The number of amides is 1. The number of rotatable bonds is 4. The molecule has 0 aliphatic heterocycles. The maximum absolute atomic E-state index is 13.1. The molecular weight excluding hydrogens is 400 g/mol. The third-order valence-electron chi connectivity index (χ3n) is 5.73. The highest BCUT2D eigenvalue weighted by Gasteiger charge is 2.30. The number of hydrogen-bond acceptors (Lipinski definition) is 4. The highest BCUT2D eigenvalue weighted by atomic mass is 19.3. The van der Waals surface area contributed by atoms with E-state index in [-0.39, 0.29) is 23.4 Å². The van der Waals surface area contributed by atoms with Crippen molar-refractivity contribution in [3.8, 4) is 0 Å². The molecule has 6 nitrogen and oxygen atoms in total. The second kappa shape index (κ2) is 7.54. The zero-order valence-corrected chi connectivity index (χ0v) is 16.7. The van der Waals surface area contributed by atoms with Gasteiger partial charge in [-0.1, -0.05) is 35.9 Å². The van der Waals surface area contributed by atoms with E-state index in [0.29, 0.717) is 24.1 Å². The molecule has 1 aliphatic rings. The predicted molar refractivity (Wildman–Crippen MR) is 113 cm³/mol. The zero-order chi connectivity index (χ0) is 21.5. The van der Waals surface area contributed by atoms with Gasteiger partial charge in [-0.15, -0.1) is 0 Å². The van der Waals surface area contributed by atoms with Crippen LogP contribution in [-0.2, 0) is 0 Å². The fraction of sp³-hybridized carbons (Fsp3) is 0.217. The van der Waals surface area contributed by atoms with Crippen molar-refractivity contribution >= 4 is 28.5 Å². The SMILES string of the molecule is CN(C(=O)c1ccc2ccccc2c1)C1CC(=Cc2cc(C(F)F)nc3ncnn23)C1. The standard InChI is InChI=1S/C23H19F2N5O/c1-29(22(31)17-7-6-15-4-2-3-5-16(15)11-17)18-8-14(9-18)10-19-12-20(21(24)25)28-23-26-13-27-30(19)23/h2-7,10-13,18,21H,8-9H2,1H3. The van der Waals surface area contributed by atoms with Crippen molar-refractivity contribution in [2.45, 2.75) is 25.3 Å². The molecule has 2 aromatic heterocycles. The topological polar surface area (TPSA) is 63.4 Å². The lowest BCUT2D eigenvalue weighted by atomic mass is 9.84. The van der Waals surface area contributed by atoms with Crippen LogP contribution < -0.4 is 0 Å². The monoisotopic (exact) mass is 419 g/mol. The molecule has 0 atom stereocenters. The van der Waals surface area contributed by atoms with Crippen LogP contribution in [0.5, 0.6) is 0 Å². The van der Waals surface area contributed by atoms with Gasteiger partial charge in [0.25, 0.3) is 18.1 Å². The van der Waals surface area contributed by atoms with Crippen LogP contribution in [0.25, 0.3) is 22.6 Å². The minimum Gasteiger partial charge on any atom is -0.338 e. The minimum absolute atomic E-state index is 0.0302. The molecule has 1 saturated carbocycles. The average molecular weight is 419 g/mol. The molecule has 0 saturated heterocycles. The number of fused-ring (bicyclic) bond motifs is 2. The van der Waals surface area contributed by atoms with Crippen molar-refractivity contribution in [2.24, 2.45) is 0 Å². The van der Waals surface area contributed by atoms with E-state index in [1.54, 1.807) is 11.9 Å². The molecule has 1 amide bonds. The van der Waals surface area contributed by atoms with Gasteiger partial charge in [0.1, 0.15) is 12.0 Å². The van der Waals surface area contributed by atoms with Crippen molar-refractivity contribution in [1.29, 1.82) is 0 Å². The lowest BCUT2D eigenvalue weighted by Crippen LogP contribution is -2.42. The van der Waals surface area contributed by atoms with Crippen LogP contribution in [-0.4, -0.2) is 43.5 Å². The summed E-state index contributed by atoms with van der Waals surface area (Å²) in [5, 5.41) is 6.19. The van der Waals surface area contributed by atoms with E-state index in [4.69, 9.17) is 0 Å². The van der Waals surface area contributed by atoms with Crippen molar-refractivity contribution in [2.75, 3.05) is 7.05 Å². The first-order valence-electron chi connectivity index (χ1n) is 9.94. The number of aromatic nitrogens is 4. The summed E-state index contributed by atoms with van der Waals surface area (Å²) in [6.45, 7) is 0. The van der Waals surface area contributed by atoms with E-state index < -0.39 is 6.43 Å². The van der Waals surface area contributed by atoms with Crippen LogP contribution in [0.3, 0.4) is 0 Å². The van der Waals surface area contributed by atoms with Crippen LogP contribution >= 0.6 is 0 Å². The maximum Gasteiger partial charge on any atom is 0.280 e. The molecule has 0 bridgehead atoms. The molecule has 31 heavy (non-hydrogen) atoms. The zero-order valence-electron chi connectivity index (χ0n) is 16.7. The Morgan fingerprint density at radius 2 is 1.94 bits per heavy atom. The Balaban J connectivity index is 1.33. The van der Waals surface area contributed by atoms with E-state index in [2.05, 4.69) is 15.1 Å². The molecule has 4 aromatic rings. The molecular formula is C23H19F2N5O. The second-order valence-electron chi connectivity index (χ2n) is 7.72. The number of carbonyl (C=O) groups excluding carboxylic acids is 1. The van der Waals surface area contributed by atoms with Gasteiger partial charge >= 0.3 is 0 Å². The highest BCUT2D eigenvalue weighted by molar-refractivity contribution is 5.98. The van der Waals surface area contributed by atoms with Gasteiger partial charge in [0.2, 0.25) is 0 Å². The third-order valence-corrected chi connectivity index (χ3v) is 5.73. The van der Waals surface area contributed by atoms with Gasteiger partial charge < -0.3 is 4.90 Å². The molecule has 5 rings (SSSR count). The normalized spacial score (nSPS) is 16.0. The molecule has 0 radical (unpaired) electrons. The van der Waals surface area contributed by atoms with E-state index in [1.807, 2.05) is 48.5 Å². The fourth-order valence-electron chi connectivity index (χ4n) is 3.91. The Labute approximate surface area is 176 Å². The van der Waals surface area contributed by atoms with Gasteiger partial charge in [0.15, 0.2) is 0 Å². The Bertz CT molecular complexity index is 1320. The van der Waals surface area contributed by atoms with E-state index in [1.165, 1.54) is 16.9 Å². The molecule has 156 valence electrons. The largest absolute Gasteiger partial charge is 0.338 e. The first kappa shape index (κ1) is 19.3. The number of halogens is 2. The smallest absolute Gasteiger partial charge is 0.280 e. The predicted octanol–water partition coefficient (Wildman–Crippen LogP) is 4.53. The third kappa shape index (κ3) is 3.54. The molecule has 1 aliphatic carbocycles. The quantitative estimate of drug-likeness (QED) is 0.488. The van der Waals surface area contributed by atoms with E-state index >= 15 is 0 Å². The van der Waals surface area contributed by atoms with Crippen molar-refractivity contribution in [3.05, 3.63) is 77.4 Å². The molecule has 0 spiro atoms. The van der Waals surface area contributed by atoms with Crippen LogP contribution in [0.2, 0.25) is 0 Å². The molecule has 1 fully saturated rings. The molecule has 8 heteroatoms. The van der Waals surface area contributed by atoms with Gasteiger partial charge in [0.05, 0.1) is 5.69 Å². The van der Waals surface area contributed by atoms with Crippen LogP contribution in [0.4, 0.5) is 8.78 Å². The maximum atomic E-state index is 13.1. The first-order valence-corrected chi connectivity index (χ1v) is 9.94. The molecule has 0 N–H and O–H groups in total. The average Bonchev–Trinajstić information content (AvgIpc) is 3.23. The van der Waals surface area contributed by atoms with E-state index in [9.17, 15) is 13.6 Å². The van der Waals surface area contributed by atoms with Crippen molar-refractivity contribution in [1.82, 2.24) is 24.5 Å². The summed E-state index contributed by atoms with van der Waals surface area (Å²) >= 11 is 0. The summed E-state index contributed by atoms with van der Waals surface area (Å²) in [4.78, 5) is 22.4. The number of carbonyl (C=O) groups is 1. The van der Waals surface area contributed by atoms with Gasteiger partial charge in [-0.2, -0.15) is 14.6 Å². The van der Waals surface area contributed by atoms with Gasteiger partial charge in [0, 0.05) is 18.7 Å². The molecule has 2 heterocycles. The number of nitrogens with zero attached hydrogens (tertiary/aromatic N) is 5. The Kier molecular flexibility index (Phi) is 4.69. The molecule has 0 unspecified atom stereocenters. The Hall–Kier alpha value is -3.68. The first-order chi connectivity index (χ1) is 15.0. The highest BCUT2D eigenvalue weighted by Crippen LogP contribution is 2.33. The molecule has 2 aromatic carbocycles. The lowest BCUT2D eigenvalue weighted by Gasteiger charge is -2.37. The van der Waals surface area contributed by atoms with Gasteiger partial charge in [-0.3, -0.25) is 4.79 Å². The number of hydrogen-bond donors (Lipinski definition) is 0. The van der Waals surface area contributed by atoms with E-state index in [0.717, 1.165) is 16.3 Å². The Morgan fingerprint density at radius 1 is 1.16 bits per heavy atom. The number of alkyl halides is 2. The van der Waals surface area contributed by atoms with Crippen molar-refractivity contribution < 1.29 is 13.6 Å². The Morgan fingerprint density at radius 3 is 2.71 bits per heavy atom. The summed E-state index contributed by atoms with van der Waals surface area (Å²) in [5.41, 5.74) is 1.90. The van der Waals surface area contributed by atoms with Crippen molar-refractivity contribution in [3.63, 3.8) is 0 Å². The van der Waals surface area contributed by atoms with Gasteiger partial charge in [-0.05, 0) is 47.9 Å². The summed E-state index contributed by atoms with van der Waals surface area (Å²) in [7, 11) is 1.80.